The second kappa shape index (κ2) is 3.71. The lowest BCUT2D eigenvalue weighted by Gasteiger charge is -2.05. The first kappa shape index (κ1) is 10.4. The summed E-state index contributed by atoms with van der Waals surface area (Å²) in [6.07, 6.45) is 8.56. The fourth-order valence-corrected chi connectivity index (χ4v) is 2.41. The van der Waals surface area contributed by atoms with Gasteiger partial charge in [-0.05, 0) is 13.0 Å². The summed E-state index contributed by atoms with van der Waals surface area (Å²) >= 11 is 0. The highest BCUT2D eigenvalue weighted by Crippen LogP contribution is 2.30. The number of hydrogen-bond acceptors (Lipinski definition) is 4. The zero-order valence-corrected chi connectivity index (χ0v) is 10.4. The summed E-state index contributed by atoms with van der Waals surface area (Å²) in [5.74, 6) is 0.813. The second-order valence-electron chi connectivity index (χ2n) is 4.55. The third-order valence-electron chi connectivity index (χ3n) is 3.31. The first-order valence-corrected chi connectivity index (χ1v) is 6.15. The lowest BCUT2D eigenvalue weighted by Crippen LogP contribution is -1.98. The largest absolute Gasteiger partial charge is 0.241 e. The van der Waals surface area contributed by atoms with Crippen LogP contribution in [0.5, 0.6) is 0 Å². The Morgan fingerprint density at radius 3 is 3.16 bits per heavy atom. The van der Waals surface area contributed by atoms with Crippen molar-refractivity contribution >= 4 is 11.2 Å². The van der Waals surface area contributed by atoms with Gasteiger partial charge in [-0.15, -0.1) is 0 Å². The number of nitrogens with zero attached hydrogens (tertiary/aromatic N) is 5. The van der Waals surface area contributed by atoms with Gasteiger partial charge in [0, 0.05) is 37.4 Å². The Morgan fingerprint density at radius 1 is 1.26 bits per heavy atom. The third-order valence-corrected chi connectivity index (χ3v) is 3.31. The standard InChI is InChI=1S/C14H11N5.H2/c1-9-15-8-11-10(2-3-12(11)17-9)13-5-7-19-14(18-13)4-6-16-19;/h2,4-8H,3H2,1H3;1H. The monoisotopic (exact) mass is 251 g/mol. The summed E-state index contributed by atoms with van der Waals surface area (Å²) in [5, 5.41) is 4.15. The molecule has 0 bridgehead atoms. The molecule has 19 heavy (non-hydrogen) atoms. The molecule has 0 aromatic carbocycles. The van der Waals surface area contributed by atoms with Crippen LogP contribution in [0.15, 0.2) is 36.8 Å². The molecule has 3 aromatic heterocycles. The Hall–Kier alpha value is -2.56. The van der Waals surface area contributed by atoms with Crippen LogP contribution in [0, 0.1) is 6.92 Å². The van der Waals surface area contributed by atoms with E-state index in [1.54, 1.807) is 10.7 Å². The maximum absolute atomic E-state index is 4.62. The quantitative estimate of drug-likeness (QED) is 0.664. The second-order valence-corrected chi connectivity index (χ2v) is 4.55. The summed E-state index contributed by atoms with van der Waals surface area (Å²) in [7, 11) is 0. The van der Waals surface area contributed by atoms with Crippen molar-refractivity contribution in [1.29, 1.82) is 0 Å². The van der Waals surface area contributed by atoms with Gasteiger partial charge in [-0.25, -0.2) is 19.5 Å². The molecular weight excluding hydrogens is 238 g/mol. The van der Waals surface area contributed by atoms with E-state index in [2.05, 4.69) is 26.1 Å². The van der Waals surface area contributed by atoms with Gasteiger partial charge < -0.3 is 0 Å². The average Bonchev–Trinajstić information content (AvgIpc) is 3.02. The highest BCUT2D eigenvalue weighted by molar-refractivity contribution is 5.82. The van der Waals surface area contributed by atoms with Crippen molar-refractivity contribution in [3.05, 3.63) is 59.6 Å². The highest BCUT2D eigenvalue weighted by Gasteiger charge is 2.18. The van der Waals surface area contributed by atoms with Gasteiger partial charge in [0.2, 0.25) is 0 Å². The molecule has 0 saturated heterocycles. The molecule has 3 aromatic rings. The van der Waals surface area contributed by atoms with Crippen molar-refractivity contribution in [3.8, 4) is 0 Å². The molecule has 0 aliphatic heterocycles. The minimum absolute atomic E-state index is 0. The normalized spacial score (nSPS) is 13.6. The van der Waals surface area contributed by atoms with Gasteiger partial charge in [0.25, 0.3) is 0 Å². The Balaban J connectivity index is 0.00000121. The van der Waals surface area contributed by atoms with Gasteiger partial charge in [-0.2, -0.15) is 5.10 Å². The molecule has 0 spiro atoms. The van der Waals surface area contributed by atoms with Gasteiger partial charge in [0.1, 0.15) is 5.82 Å². The summed E-state index contributed by atoms with van der Waals surface area (Å²) in [6.45, 7) is 1.91. The Bertz CT molecular complexity index is 821. The van der Waals surface area contributed by atoms with E-state index < -0.39 is 0 Å². The Morgan fingerprint density at radius 2 is 2.21 bits per heavy atom. The molecule has 0 saturated carbocycles. The van der Waals surface area contributed by atoms with Crippen LogP contribution in [0.25, 0.3) is 11.2 Å². The van der Waals surface area contributed by atoms with Gasteiger partial charge >= 0.3 is 0 Å². The molecule has 3 heterocycles. The summed E-state index contributed by atoms with van der Waals surface area (Å²) in [5.41, 5.74) is 5.07. The van der Waals surface area contributed by atoms with Crippen LogP contribution in [0.4, 0.5) is 0 Å². The number of rotatable bonds is 1. The van der Waals surface area contributed by atoms with Crippen LogP contribution in [0.3, 0.4) is 0 Å². The van der Waals surface area contributed by atoms with Crippen LogP contribution in [0.1, 0.15) is 24.2 Å². The first-order valence-electron chi connectivity index (χ1n) is 6.15. The van der Waals surface area contributed by atoms with E-state index in [0.717, 1.165) is 40.4 Å². The van der Waals surface area contributed by atoms with E-state index in [9.17, 15) is 0 Å². The van der Waals surface area contributed by atoms with Crippen molar-refractivity contribution in [2.75, 3.05) is 0 Å². The molecule has 1 aliphatic rings. The zero-order valence-electron chi connectivity index (χ0n) is 10.4. The van der Waals surface area contributed by atoms with Crippen molar-refractivity contribution < 1.29 is 1.43 Å². The van der Waals surface area contributed by atoms with Crippen LogP contribution in [-0.4, -0.2) is 24.6 Å². The van der Waals surface area contributed by atoms with Gasteiger partial charge in [0.15, 0.2) is 5.65 Å². The van der Waals surface area contributed by atoms with Crippen LogP contribution in [-0.2, 0) is 6.42 Å². The molecule has 4 rings (SSSR count). The summed E-state index contributed by atoms with van der Waals surface area (Å²) in [6, 6.07) is 3.87. The summed E-state index contributed by atoms with van der Waals surface area (Å²) in [4.78, 5) is 13.4. The molecular formula is C14H13N5. The lowest BCUT2D eigenvalue weighted by molar-refractivity contribution is 0.935. The number of aryl methyl sites for hydroxylation is 1. The molecule has 0 N–H and O–H groups in total. The van der Waals surface area contributed by atoms with E-state index in [4.69, 9.17) is 0 Å². The van der Waals surface area contributed by atoms with Gasteiger partial charge in [-0.1, -0.05) is 6.08 Å². The number of fused-ring (bicyclic) bond motifs is 2. The predicted octanol–water partition coefficient (Wildman–Crippen LogP) is 2.06. The van der Waals surface area contributed by atoms with E-state index in [1.165, 1.54) is 0 Å². The molecule has 0 unspecified atom stereocenters. The fraction of sp³-hybridized carbons (Fsp3) is 0.143. The SMILES string of the molecule is Cc1ncc2c(n1)CC=C2c1ccn2nccc2n1.[HH]. The topological polar surface area (TPSA) is 56.0 Å². The zero-order chi connectivity index (χ0) is 12.8. The maximum Gasteiger partial charge on any atom is 0.155 e. The maximum atomic E-state index is 4.62. The van der Waals surface area contributed by atoms with Crippen LogP contribution < -0.4 is 0 Å². The molecule has 5 heteroatoms. The molecule has 0 radical (unpaired) electrons. The van der Waals surface area contributed by atoms with Crippen molar-refractivity contribution in [2.45, 2.75) is 13.3 Å². The van der Waals surface area contributed by atoms with E-state index in [1.807, 2.05) is 31.5 Å². The molecule has 1 aliphatic carbocycles. The Kier molecular flexibility index (Phi) is 2.03. The number of allylic oxidation sites excluding steroid dienone is 1. The predicted molar refractivity (Wildman–Crippen MR) is 72.7 cm³/mol. The molecule has 5 nitrogen and oxygen atoms in total. The number of aromatic nitrogens is 5. The van der Waals surface area contributed by atoms with Gasteiger partial charge in [0.05, 0.1) is 17.6 Å². The van der Waals surface area contributed by atoms with E-state index in [-0.39, 0.29) is 1.43 Å². The minimum atomic E-state index is 0. The van der Waals surface area contributed by atoms with Crippen LogP contribution >= 0.6 is 0 Å². The number of hydrogen-bond donors (Lipinski definition) is 0. The third kappa shape index (κ3) is 1.55. The van der Waals surface area contributed by atoms with Crippen molar-refractivity contribution in [2.24, 2.45) is 0 Å². The van der Waals surface area contributed by atoms with E-state index >= 15 is 0 Å². The van der Waals surface area contributed by atoms with Crippen molar-refractivity contribution in [3.63, 3.8) is 0 Å². The lowest BCUT2D eigenvalue weighted by atomic mass is 10.1. The first-order chi connectivity index (χ1) is 9.31. The van der Waals surface area contributed by atoms with Crippen molar-refractivity contribution in [1.82, 2.24) is 24.6 Å². The molecule has 0 fully saturated rings. The minimum Gasteiger partial charge on any atom is -0.241 e. The smallest absolute Gasteiger partial charge is 0.155 e. The molecule has 0 amide bonds. The summed E-state index contributed by atoms with van der Waals surface area (Å²) < 4.78 is 1.76. The molecule has 0 atom stereocenters. The van der Waals surface area contributed by atoms with E-state index in [0.29, 0.717) is 0 Å². The van der Waals surface area contributed by atoms with Crippen LogP contribution in [0.2, 0.25) is 0 Å². The highest BCUT2D eigenvalue weighted by atomic mass is 15.2. The Labute approximate surface area is 111 Å². The van der Waals surface area contributed by atoms with Gasteiger partial charge in [-0.3, -0.25) is 0 Å². The average molecular weight is 251 g/mol. The fourth-order valence-electron chi connectivity index (χ4n) is 2.41. The molecule has 94 valence electrons.